The number of fused-ring (bicyclic) bond motifs is 3. The molecule has 3 heterocycles. The highest BCUT2D eigenvalue weighted by molar-refractivity contribution is 5.15. The summed E-state index contributed by atoms with van der Waals surface area (Å²) in [5.41, 5.74) is 0.0780. The quantitative estimate of drug-likeness (QED) is 0.762. The van der Waals surface area contributed by atoms with Crippen molar-refractivity contribution in [2.24, 2.45) is 11.8 Å². The monoisotopic (exact) mass is 380 g/mol. The molecular formula is C22H28N4O2. The van der Waals surface area contributed by atoms with Crippen molar-refractivity contribution >= 4 is 0 Å². The highest BCUT2D eigenvalue weighted by Crippen LogP contribution is 2.38. The lowest BCUT2D eigenvalue weighted by atomic mass is 9.87. The fourth-order valence-corrected chi connectivity index (χ4v) is 5.40. The molecule has 1 aromatic heterocycles. The maximum Gasteiger partial charge on any atom is 0.332 e. The molecular weight excluding hydrogens is 352 g/mol. The van der Waals surface area contributed by atoms with Gasteiger partial charge in [0.05, 0.1) is 6.54 Å². The van der Waals surface area contributed by atoms with E-state index in [0.29, 0.717) is 19.0 Å². The van der Waals surface area contributed by atoms with Crippen molar-refractivity contribution in [3.05, 3.63) is 62.4 Å². The molecule has 6 nitrogen and oxygen atoms in total. The molecule has 2 aliphatic heterocycles. The molecule has 2 aromatic rings. The zero-order valence-electron chi connectivity index (χ0n) is 16.3. The number of benzene rings is 1. The van der Waals surface area contributed by atoms with Gasteiger partial charge in [0.15, 0.2) is 0 Å². The van der Waals surface area contributed by atoms with Crippen LogP contribution < -0.4 is 11.1 Å². The van der Waals surface area contributed by atoms with E-state index in [0.717, 1.165) is 36.8 Å². The van der Waals surface area contributed by atoms with E-state index in [9.17, 15) is 9.59 Å². The van der Waals surface area contributed by atoms with E-state index < -0.39 is 11.1 Å². The van der Waals surface area contributed by atoms with E-state index in [1.165, 1.54) is 36.9 Å². The maximum absolute atomic E-state index is 12.8. The summed E-state index contributed by atoms with van der Waals surface area (Å²) < 4.78 is 3.04. The van der Waals surface area contributed by atoms with Crippen LogP contribution in [-0.4, -0.2) is 38.9 Å². The molecule has 0 bridgehead atoms. The highest BCUT2D eigenvalue weighted by Gasteiger charge is 2.40. The zero-order valence-corrected chi connectivity index (χ0v) is 16.3. The molecule has 0 amide bonds. The lowest BCUT2D eigenvalue weighted by Crippen LogP contribution is -2.44. The number of rotatable bonds is 4. The summed E-state index contributed by atoms with van der Waals surface area (Å²) in [5, 5.41) is 4.70. The van der Waals surface area contributed by atoms with Crippen LogP contribution in [0.4, 0.5) is 0 Å². The average molecular weight is 380 g/mol. The molecule has 0 unspecified atom stereocenters. The molecule has 0 radical (unpaired) electrons. The van der Waals surface area contributed by atoms with Crippen molar-refractivity contribution in [2.75, 3.05) is 19.6 Å². The van der Waals surface area contributed by atoms with E-state index in [2.05, 4.69) is 4.90 Å². The third-order valence-electron chi connectivity index (χ3n) is 6.92. The van der Waals surface area contributed by atoms with Gasteiger partial charge in [-0.05, 0) is 43.2 Å². The van der Waals surface area contributed by atoms with E-state index in [1.54, 1.807) is 4.57 Å². The zero-order chi connectivity index (χ0) is 19.1. The molecule has 148 valence electrons. The Kier molecular flexibility index (Phi) is 4.67. The third-order valence-corrected chi connectivity index (χ3v) is 6.92. The van der Waals surface area contributed by atoms with Gasteiger partial charge >= 0.3 is 11.1 Å². The first kappa shape index (κ1) is 17.9. The number of likely N-dealkylation sites (tertiary alicyclic amines) is 1. The third kappa shape index (κ3) is 3.24. The van der Waals surface area contributed by atoms with Crippen LogP contribution in [0.2, 0.25) is 0 Å². The minimum atomic E-state index is -0.505. The summed E-state index contributed by atoms with van der Waals surface area (Å²) in [7, 11) is 0. The van der Waals surface area contributed by atoms with Crippen LogP contribution >= 0.6 is 0 Å². The topological polar surface area (TPSA) is 60.1 Å². The van der Waals surface area contributed by atoms with Crippen molar-refractivity contribution in [1.82, 2.24) is 19.2 Å². The largest absolute Gasteiger partial charge is 0.332 e. The molecule has 3 aliphatic rings. The second-order valence-electron chi connectivity index (χ2n) is 8.79. The highest BCUT2D eigenvalue weighted by atomic mass is 16.2. The minimum Gasteiger partial charge on any atom is -0.302 e. The summed E-state index contributed by atoms with van der Waals surface area (Å²) in [5.74, 6) is 2.36. The van der Waals surface area contributed by atoms with Crippen LogP contribution in [0.3, 0.4) is 0 Å². The Morgan fingerprint density at radius 3 is 2.54 bits per heavy atom. The standard InChI is InChI=1S/C22H28N4O2/c27-21-22(28)26(13-17-6-2-1-3-7-17)23-20-19-15-24(12-16-8-4-5-9-16)11-10-18(19)14-25(20)21/h1-3,6-7,16,18-19H,4-5,8-15H2/t18-,19+/m0/s1. The Bertz CT molecular complexity index is 959. The van der Waals surface area contributed by atoms with Crippen molar-refractivity contribution in [3.63, 3.8) is 0 Å². The molecule has 1 aliphatic carbocycles. The van der Waals surface area contributed by atoms with Gasteiger partial charge in [0.25, 0.3) is 0 Å². The minimum absolute atomic E-state index is 0.269. The number of piperidine rings is 1. The van der Waals surface area contributed by atoms with Crippen LogP contribution in [0, 0.1) is 11.8 Å². The second-order valence-corrected chi connectivity index (χ2v) is 8.79. The SMILES string of the molecule is O=c1c(=O)n2c(nn1Cc1ccccc1)[C@@H]1CN(CC3CCCC3)CC[C@H]1C2. The Morgan fingerprint density at radius 2 is 1.75 bits per heavy atom. The normalized spacial score (nSPS) is 25.0. The Hall–Kier alpha value is -2.21. The van der Waals surface area contributed by atoms with E-state index in [1.807, 2.05) is 30.3 Å². The van der Waals surface area contributed by atoms with Crippen molar-refractivity contribution in [3.8, 4) is 0 Å². The Balaban J connectivity index is 1.42. The predicted molar refractivity (Wildman–Crippen MR) is 108 cm³/mol. The summed E-state index contributed by atoms with van der Waals surface area (Å²) in [4.78, 5) is 27.9. The van der Waals surface area contributed by atoms with E-state index in [4.69, 9.17) is 5.10 Å². The Morgan fingerprint density at radius 1 is 0.964 bits per heavy atom. The van der Waals surface area contributed by atoms with Crippen LogP contribution in [0.15, 0.2) is 39.9 Å². The molecule has 1 saturated carbocycles. The number of hydrogen-bond acceptors (Lipinski definition) is 4. The van der Waals surface area contributed by atoms with Gasteiger partial charge in [-0.2, -0.15) is 5.10 Å². The first-order valence-electron chi connectivity index (χ1n) is 10.7. The summed E-state index contributed by atoms with van der Waals surface area (Å²) >= 11 is 0. The summed E-state index contributed by atoms with van der Waals surface area (Å²) in [6, 6.07) is 9.76. The summed E-state index contributed by atoms with van der Waals surface area (Å²) in [6.45, 7) is 4.26. The lowest BCUT2D eigenvalue weighted by Gasteiger charge is -2.35. The number of nitrogens with zero attached hydrogens (tertiary/aromatic N) is 4. The van der Waals surface area contributed by atoms with E-state index in [-0.39, 0.29) is 5.92 Å². The molecule has 6 heteroatoms. The molecule has 0 N–H and O–H groups in total. The van der Waals surface area contributed by atoms with Crippen molar-refractivity contribution in [1.29, 1.82) is 0 Å². The van der Waals surface area contributed by atoms with Gasteiger partial charge in [0.1, 0.15) is 5.82 Å². The van der Waals surface area contributed by atoms with Gasteiger partial charge < -0.3 is 4.90 Å². The lowest BCUT2D eigenvalue weighted by molar-refractivity contribution is 0.144. The van der Waals surface area contributed by atoms with Gasteiger partial charge in [0.2, 0.25) is 0 Å². The van der Waals surface area contributed by atoms with Gasteiger partial charge in [0, 0.05) is 25.6 Å². The molecule has 2 atom stereocenters. The van der Waals surface area contributed by atoms with Gasteiger partial charge in [-0.15, -0.1) is 0 Å². The molecule has 1 saturated heterocycles. The average Bonchev–Trinajstić information content (AvgIpc) is 3.35. The molecule has 28 heavy (non-hydrogen) atoms. The number of hydrogen-bond donors (Lipinski definition) is 0. The van der Waals surface area contributed by atoms with Crippen LogP contribution in [0.25, 0.3) is 0 Å². The maximum atomic E-state index is 12.8. The van der Waals surface area contributed by atoms with Crippen molar-refractivity contribution < 1.29 is 0 Å². The number of aromatic nitrogens is 3. The van der Waals surface area contributed by atoms with Gasteiger partial charge in [-0.1, -0.05) is 43.2 Å². The fourth-order valence-electron chi connectivity index (χ4n) is 5.40. The van der Waals surface area contributed by atoms with Gasteiger partial charge in [-0.25, -0.2) is 4.68 Å². The molecule has 1 aromatic carbocycles. The second kappa shape index (κ2) is 7.32. The van der Waals surface area contributed by atoms with Crippen LogP contribution in [-0.2, 0) is 13.1 Å². The Labute approximate surface area is 164 Å². The van der Waals surface area contributed by atoms with E-state index >= 15 is 0 Å². The first-order chi connectivity index (χ1) is 13.7. The van der Waals surface area contributed by atoms with Crippen LogP contribution in [0.5, 0.6) is 0 Å². The predicted octanol–water partition coefficient (Wildman–Crippen LogP) is 2.06. The fraction of sp³-hybridized carbons (Fsp3) is 0.591. The smallest absolute Gasteiger partial charge is 0.302 e. The van der Waals surface area contributed by atoms with Crippen molar-refractivity contribution in [2.45, 2.75) is 51.1 Å². The van der Waals surface area contributed by atoms with Gasteiger partial charge in [-0.3, -0.25) is 14.2 Å². The molecule has 0 spiro atoms. The van der Waals surface area contributed by atoms with Crippen LogP contribution in [0.1, 0.15) is 49.4 Å². The first-order valence-corrected chi connectivity index (χ1v) is 10.7. The molecule has 2 fully saturated rings. The molecule has 5 rings (SSSR count). The summed E-state index contributed by atoms with van der Waals surface area (Å²) in [6.07, 6.45) is 6.55.